The molecule has 25 heavy (non-hydrogen) atoms. The molecule has 2 atom stereocenters. The van der Waals surface area contributed by atoms with Gasteiger partial charge in [-0.2, -0.15) is 0 Å². The first-order chi connectivity index (χ1) is 12.2. The maximum absolute atomic E-state index is 4.83. The zero-order valence-corrected chi connectivity index (χ0v) is 14.8. The molecule has 4 rings (SSSR count). The van der Waals surface area contributed by atoms with Crippen LogP contribution in [0.5, 0.6) is 0 Å². The fourth-order valence-corrected chi connectivity index (χ4v) is 3.67. The monoisotopic (exact) mass is 329 g/mol. The van der Waals surface area contributed by atoms with Crippen molar-refractivity contribution in [2.24, 2.45) is 0 Å². The van der Waals surface area contributed by atoms with Gasteiger partial charge in [0.15, 0.2) is 5.82 Å². The number of rotatable bonds is 3. The van der Waals surface area contributed by atoms with Crippen LogP contribution in [-0.2, 0) is 0 Å². The van der Waals surface area contributed by atoms with E-state index in [0.29, 0.717) is 12.0 Å². The number of benzene rings is 2. The van der Waals surface area contributed by atoms with Gasteiger partial charge in [0.05, 0.1) is 0 Å². The summed E-state index contributed by atoms with van der Waals surface area (Å²) in [6, 6.07) is 21.6. The van der Waals surface area contributed by atoms with Gasteiger partial charge in [0.1, 0.15) is 5.82 Å². The van der Waals surface area contributed by atoms with E-state index in [1.165, 1.54) is 11.1 Å². The Bertz CT molecular complexity index is 843. The van der Waals surface area contributed by atoms with E-state index in [1.807, 2.05) is 30.5 Å². The molecule has 0 aliphatic carbocycles. The van der Waals surface area contributed by atoms with Crippen LogP contribution < -0.4 is 4.90 Å². The van der Waals surface area contributed by atoms with Gasteiger partial charge in [-0.1, -0.05) is 60.2 Å². The van der Waals surface area contributed by atoms with Gasteiger partial charge < -0.3 is 4.90 Å². The van der Waals surface area contributed by atoms with Crippen molar-refractivity contribution >= 4 is 5.82 Å². The Balaban J connectivity index is 1.59. The highest BCUT2D eigenvalue weighted by Crippen LogP contribution is 2.34. The highest BCUT2D eigenvalue weighted by Gasteiger charge is 2.31. The molecule has 3 nitrogen and oxygen atoms in total. The van der Waals surface area contributed by atoms with Crippen molar-refractivity contribution in [3.8, 4) is 11.4 Å². The van der Waals surface area contributed by atoms with Crippen LogP contribution >= 0.6 is 0 Å². The van der Waals surface area contributed by atoms with Crippen molar-refractivity contribution in [2.75, 3.05) is 11.4 Å². The average Bonchev–Trinajstić information content (AvgIpc) is 3.05. The lowest BCUT2D eigenvalue weighted by Gasteiger charge is -2.23. The molecule has 0 spiro atoms. The van der Waals surface area contributed by atoms with Gasteiger partial charge in [-0.05, 0) is 31.9 Å². The fraction of sp³-hybridized carbons (Fsp3) is 0.273. The van der Waals surface area contributed by atoms with Crippen molar-refractivity contribution < 1.29 is 0 Å². The maximum Gasteiger partial charge on any atom is 0.161 e. The Morgan fingerprint density at radius 3 is 2.48 bits per heavy atom. The van der Waals surface area contributed by atoms with E-state index in [0.717, 1.165) is 30.2 Å². The molecule has 3 heteroatoms. The minimum Gasteiger partial charge on any atom is -0.353 e. The fourth-order valence-electron chi connectivity index (χ4n) is 3.67. The molecular formula is C22H23N3. The second-order valence-corrected chi connectivity index (χ2v) is 6.95. The zero-order valence-electron chi connectivity index (χ0n) is 14.8. The van der Waals surface area contributed by atoms with E-state index >= 15 is 0 Å². The maximum atomic E-state index is 4.83. The molecule has 2 unspecified atom stereocenters. The molecule has 2 heterocycles. The van der Waals surface area contributed by atoms with Crippen LogP contribution in [0.15, 0.2) is 66.9 Å². The predicted octanol–water partition coefficient (Wildman–Crippen LogP) is 4.83. The topological polar surface area (TPSA) is 29.0 Å². The Morgan fingerprint density at radius 1 is 0.960 bits per heavy atom. The summed E-state index contributed by atoms with van der Waals surface area (Å²) in [5.74, 6) is 2.38. The van der Waals surface area contributed by atoms with E-state index in [4.69, 9.17) is 4.98 Å². The Morgan fingerprint density at radius 2 is 1.72 bits per heavy atom. The van der Waals surface area contributed by atoms with Gasteiger partial charge in [0.2, 0.25) is 0 Å². The van der Waals surface area contributed by atoms with E-state index < -0.39 is 0 Å². The second-order valence-electron chi connectivity index (χ2n) is 6.95. The first-order valence-corrected chi connectivity index (χ1v) is 8.92. The van der Waals surface area contributed by atoms with Crippen LogP contribution in [0.25, 0.3) is 11.4 Å². The number of anilines is 1. The summed E-state index contributed by atoms with van der Waals surface area (Å²) in [6.45, 7) is 5.44. The summed E-state index contributed by atoms with van der Waals surface area (Å²) in [5, 5.41) is 0. The highest BCUT2D eigenvalue weighted by atomic mass is 15.2. The lowest BCUT2D eigenvalue weighted by Crippen LogP contribution is -2.27. The third-order valence-electron chi connectivity index (χ3n) is 5.09. The third-order valence-corrected chi connectivity index (χ3v) is 5.09. The molecule has 1 aliphatic heterocycles. The molecule has 1 fully saturated rings. The standard InChI is InChI=1S/C22H23N3/c1-16-8-10-18(11-9-16)20-14-17(2)25(15-20)21-12-13-23-22(24-21)19-6-4-3-5-7-19/h3-13,17,20H,14-15H2,1-2H3. The summed E-state index contributed by atoms with van der Waals surface area (Å²) in [6.07, 6.45) is 3.03. The minimum absolute atomic E-state index is 0.477. The molecule has 1 aliphatic rings. The summed E-state index contributed by atoms with van der Waals surface area (Å²) in [4.78, 5) is 11.7. The van der Waals surface area contributed by atoms with Gasteiger partial charge in [0, 0.05) is 30.3 Å². The summed E-state index contributed by atoms with van der Waals surface area (Å²) < 4.78 is 0. The van der Waals surface area contributed by atoms with Crippen LogP contribution in [-0.4, -0.2) is 22.6 Å². The molecule has 0 radical (unpaired) electrons. The SMILES string of the molecule is Cc1ccc(C2CC(C)N(c3ccnc(-c4ccccc4)n3)C2)cc1. The lowest BCUT2D eigenvalue weighted by molar-refractivity contribution is 0.696. The molecular weight excluding hydrogens is 306 g/mol. The molecule has 1 saturated heterocycles. The smallest absolute Gasteiger partial charge is 0.161 e. The van der Waals surface area contributed by atoms with Gasteiger partial charge >= 0.3 is 0 Å². The predicted molar refractivity (Wildman–Crippen MR) is 103 cm³/mol. The number of hydrogen-bond acceptors (Lipinski definition) is 3. The Labute approximate surface area is 149 Å². The zero-order chi connectivity index (χ0) is 17.2. The molecule has 2 aromatic carbocycles. The van der Waals surface area contributed by atoms with E-state index in [2.05, 4.69) is 60.1 Å². The molecule has 0 amide bonds. The largest absolute Gasteiger partial charge is 0.353 e. The minimum atomic E-state index is 0.477. The number of aryl methyl sites for hydroxylation is 1. The van der Waals surface area contributed by atoms with Crippen molar-refractivity contribution in [2.45, 2.75) is 32.2 Å². The summed E-state index contributed by atoms with van der Waals surface area (Å²) in [5.41, 5.74) is 3.80. The first-order valence-electron chi connectivity index (χ1n) is 8.92. The van der Waals surface area contributed by atoms with Gasteiger partial charge in [-0.25, -0.2) is 9.97 Å². The first kappa shape index (κ1) is 15.8. The molecule has 3 aromatic rings. The van der Waals surface area contributed by atoms with Crippen molar-refractivity contribution in [1.82, 2.24) is 9.97 Å². The number of aromatic nitrogens is 2. The Kier molecular flexibility index (Phi) is 4.22. The highest BCUT2D eigenvalue weighted by molar-refractivity contribution is 5.57. The van der Waals surface area contributed by atoms with Crippen LogP contribution in [0, 0.1) is 6.92 Å². The second kappa shape index (κ2) is 6.67. The molecule has 126 valence electrons. The number of nitrogens with zero attached hydrogens (tertiary/aromatic N) is 3. The molecule has 0 saturated carbocycles. The quantitative estimate of drug-likeness (QED) is 0.689. The van der Waals surface area contributed by atoms with Gasteiger partial charge in [-0.3, -0.25) is 0 Å². The van der Waals surface area contributed by atoms with Crippen molar-refractivity contribution in [3.63, 3.8) is 0 Å². The third kappa shape index (κ3) is 3.27. The summed E-state index contributed by atoms with van der Waals surface area (Å²) >= 11 is 0. The van der Waals surface area contributed by atoms with Crippen LogP contribution in [0.2, 0.25) is 0 Å². The summed E-state index contributed by atoms with van der Waals surface area (Å²) in [7, 11) is 0. The molecule has 0 bridgehead atoms. The molecule has 0 N–H and O–H groups in total. The molecule has 1 aromatic heterocycles. The van der Waals surface area contributed by atoms with E-state index in [-0.39, 0.29) is 0 Å². The number of hydrogen-bond donors (Lipinski definition) is 0. The lowest BCUT2D eigenvalue weighted by atomic mass is 9.96. The van der Waals surface area contributed by atoms with E-state index in [1.54, 1.807) is 0 Å². The normalized spacial score (nSPS) is 20.0. The van der Waals surface area contributed by atoms with Crippen molar-refractivity contribution in [3.05, 3.63) is 78.0 Å². The van der Waals surface area contributed by atoms with Crippen LogP contribution in [0.4, 0.5) is 5.82 Å². The average molecular weight is 329 g/mol. The van der Waals surface area contributed by atoms with Crippen molar-refractivity contribution in [1.29, 1.82) is 0 Å². The van der Waals surface area contributed by atoms with Gasteiger partial charge in [0.25, 0.3) is 0 Å². The van der Waals surface area contributed by atoms with E-state index in [9.17, 15) is 0 Å². The Hall–Kier alpha value is -2.68. The van der Waals surface area contributed by atoms with Crippen LogP contribution in [0.1, 0.15) is 30.4 Å². The van der Waals surface area contributed by atoms with Crippen LogP contribution in [0.3, 0.4) is 0 Å². The van der Waals surface area contributed by atoms with Gasteiger partial charge in [-0.15, -0.1) is 0 Å².